The minimum Gasteiger partial charge on any atom is -0.466 e. The van der Waals surface area contributed by atoms with Crippen molar-refractivity contribution in [2.75, 3.05) is 13.2 Å². The van der Waals surface area contributed by atoms with Crippen LogP contribution in [0.2, 0.25) is 0 Å². The van der Waals surface area contributed by atoms with Gasteiger partial charge in [0.1, 0.15) is 0 Å². The molecule has 1 aliphatic carbocycles. The first-order valence-electron chi connectivity index (χ1n) is 6.42. The lowest BCUT2D eigenvalue weighted by Crippen LogP contribution is -2.41. The third kappa shape index (κ3) is 6.46. The van der Waals surface area contributed by atoms with Gasteiger partial charge in [-0.3, -0.25) is 4.79 Å². The maximum absolute atomic E-state index is 11.1. The molecule has 1 aliphatic rings. The molecular formula is C12H22N2O2S. The van der Waals surface area contributed by atoms with Crippen LogP contribution in [0.25, 0.3) is 0 Å². The van der Waals surface area contributed by atoms with Crippen molar-refractivity contribution in [2.45, 2.75) is 51.5 Å². The molecule has 0 spiro atoms. The van der Waals surface area contributed by atoms with E-state index >= 15 is 0 Å². The molecule has 0 atom stereocenters. The SMILES string of the molecule is CCOC(=O)CCCNC(=S)NC1CCCC1. The standard InChI is InChI=1S/C12H22N2O2S/c1-2-16-11(15)8-5-9-13-12(17)14-10-6-3-4-7-10/h10H,2-9H2,1H3,(H2,13,14,17). The second kappa shape index (κ2) is 8.28. The summed E-state index contributed by atoms with van der Waals surface area (Å²) in [6.45, 7) is 2.99. The molecule has 0 heterocycles. The average Bonchev–Trinajstić information content (AvgIpc) is 2.77. The van der Waals surface area contributed by atoms with E-state index < -0.39 is 0 Å². The van der Waals surface area contributed by atoms with Crippen LogP contribution in [0.1, 0.15) is 45.4 Å². The fraction of sp³-hybridized carbons (Fsp3) is 0.833. The molecule has 98 valence electrons. The van der Waals surface area contributed by atoms with Gasteiger partial charge in [0.2, 0.25) is 0 Å². The zero-order chi connectivity index (χ0) is 12.5. The molecule has 0 amide bonds. The minimum absolute atomic E-state index is 0.135. The molecule has 0 radical (unpaired) electrons. The van der Waals surface area contributed by atoms with Crippen molar-refractivity contribution in [2.24, 2.45) is 0 Å². The molecule has 1 fully saturated rings. The average molecular weight is 258 g/mol. The van der Waals surface area contributed by atoms with Gasteiger partial charge >= 0.3 is 5.97 Å². The zero-order valence-electron chi connectivity index (χ0n) is 10.5. The van der Waals surface area contributed by atoms with Crippen molar-refractivity contribution < 1.29 is 9.53 Å². The van der Waals surface area contributed by atoms with Crippen LogP contribution in [-0.4, -0.2) is 30.3 Å². The molecule has 0 aromatic heterocycles. The molecule has 5 heteroatoms. The number of rotatable bonds is 6. The van der Waals surface area contributed by atoms with Crippen LogP contribution in [-0.2, 0) is 9.53 Å². The predicted molar refractivity (Wildman–Crippen MR) is 71.9 cm³/mol. The van der Waals surface area contributed by atoms with Gasteiger partial charge in [-0.25, -0.2) is 0 Å². The van der Waals surface area contributed by atoms with E-state index in [1.807, 2.05) is 6.92 Å². The summed E-state index contributed by atoms with van der Waals surface area (Å²) in [6.07, 6.45) is 6.22. The van der Waals surface area contributed by atoms with Gasteiger partial charge in [-0.15, -0.1) is 0 Å². The first-order chi connectivity index (χ1) is 8.22. The topological polar surface area (TPSA) is 50.4 Å². The Morgan fingerprint density at radius 1 is 1.41 bits per heavy atom. The fourth-order valence-corrected chi connectivity index (χ4v) is 2.24. The number of hydrogen-bond acceptors (Lipinski definition) is 3. The number of nitrogens with one attached hydrogen (secondary N) is 2. The lowest BCUT2D eigenvalue weighted by molar-refractivity contribution is -0.143. The Morgan fingerprint density at radius 3 is 2.76 bits per heavy atom. The van der Waals surface area contributed by atoms with Crippen molar-refractivity contribution in [3.8, 4) is 0 Å². The first kappa shape index (κ1) is 14.2. The van der Waals surface area contributed by atoms with Crippen LogP contribution in [0.4, 0.5) is 0 Å². The van der Waals surface area contributed by atoms with Crippen molar-refractivity contribution in [3.05, 3.63) is 0 Å². The first-order valence-corrected chi connectivity index (χ1v) is 6.83. The maximum atomic E-state index is 11.1. The second-order valence-electron chi connectivity index (χ2n) is 4.29. The van der Waals surface area contributed by atoms with Crippen LogP contribution in [0, 0.1) is 0 Å². The Bertz CT molecular complexity index is 253. The summed E-state index contributed by atoms with van der Waals surface area (Å²) in [6, 6.07) is 0.542. The van der Waals surface area contributed by atoms with Crippen molar-refractivity contribution in [1.82, 2.24) is 10.6 Å². The van der Waals surface area contributed by atoms with Gasteiger partial charge in [0.05, 0.1) is 6.61 Å². The molecule has 0 bridgehead atoms. The minimum atomic E-state index is -0.135. The highest BCUT2D eigenvalue weighted by Gasteiger charge is 2.15. The molecule has 0 saturated heterocycles. The van der Waals surface area contributed by atoms with Gasteiger partial charge in [-0.05, 0) is 38.4 Å². The van der Waals surface area contributed by atoms with Gasteiger partial charge in [-0.1, -0.05) is 12.8 Å². The third-order valence-electron chi connectivity index (χ3n) is 2.84. The van der Waals surface area contributed by atoms with E-state index in [0.29, 0.717) is 24.2 Å². The summed E-state index contributed by atoms with van der Waals surface area (Å²) >= 11 is 5.18. The van der Waals surface area contributed by atoms with Gasteiger partial charge in [0.15, 0.2) is 5.11 Å². The molecule has 0 aromatic carbocycles. The van der Waals surface area contributed by atoms with Crippen LogP contribution in [0.15, 0.2) is 0 Å². The lowest BCUT2D eigenvalue weighted by atomic mass is 10.2. The summed E-state index contributed by atoms with van der Waals surface area (Å²) < 4.78 is 4.84. The molecule has 17 heavy (non-hydrogen) atoms. The second-order valence-corrected chi connectivity index (χ2v) is 4.70. The van der Waals surface area contributed by atoms with E-state index in [4.69, 9.17) is 17.0 Å². The van der Waals surface area contributed by atoms with Gasteiger partial charge in [0, 0.05) is 19.0 Å². The number of carbonyl (C=O) groups excluding carboxylic acids is 1. The van der Waals surface area contributed by atoms with Crippen molar-refractivity contribution in [3.63, 3.8) is 0 Å². The van der Waals surface area contributed by atoms with Crippen LogP contribution < -0.4 is 10.6 Å². The van der Waals surface area contributed by atoms with Gasteiger partial charge < -0.3 is 15.4 Å². The summed E-state index contributed by atoms with van der Waals surface area (Å²) in [4.78, 5) is 11.1. The molecule has 1 rings (SSSR count). The summed E-state index contributed by atoms with van der Waals surface area (Å²) in [5.74, 6) is -0.135. The third-order valence-corrected chi connectivity index (χ3v) is 3.10. The monoisotopic (exact) mass is 258 g/mol. The van der Waals surface area contributed by atoms with E-state index in [0.717, 1.165) is 13.0 Å². The number of hydrogen-bond donors (Lipinski definition) is 2. The fourth-order valence-electron chi connectivity index (χ4n) is 1.97. The van der Waals surface area contributed by atoms with Crippen LogP contribution in [0.3, 0.4) is 0 Å². The summed E-state index contributed by atoms with van der Waals surface area (Å²) in [5, 5.41) is 7.12. The van der Waals surface area contributed by atoms with E-state index in [1.54, 1.807) is 0 Å². The smallest absolute Gasteiger partial charge is 0.305 e. The summed E-state index contributed by atoms with van der Waals surface area (Å²) in [7, 11) is 0. The molecule has 0 unspecified atom stereocenters. The molecule has 2 N–H and O–H groups in total. The Kier molecular flexibility index (Phi) is 6.93. The van der Waals surface area contributed by atoms with E-state index in [9.17, 15) is 4.79 Å². The number of esters is 1. The molecule has 1 saturated carbocycles. The van der Waals surface area contributed by atoms with Crippen LogP contribution >= 0.6 is 12.2 Å². The highest BCUT2D eigenvalue weighted by atomic mass is 32.1. The Hall–Kier alpha value is -0.840. The Balaban J connectivity index is 1.98. The number of carbonyl (C=O) groups is 1. The van der Waals surface area contributed by atoms with Crippen LogP contribution in [0.5, 0.6) is 0 Å². The van der Waals surface area contributed by atoms with E-state index in [1.165, 1.54) is 25.7 Å². The zero-order valence-corrected chi connectivity index (χ0v) is 11.3. The highest BCUT2D eigenvalue weighted by molar-refractivity contribution is 7.80. The van der Waals surface area contributed by atoms with Crippen molar-refractivity contribution in [1.29, 1.82) is 0 Å². The predicted octanol–water partition coefficient (Wildman–Crippen LogP) is 1.74. The molecule has 4 nitrogen and oxygen atoms in total. The molecular weight excluding hydrogens is 236 g/mol. The van der Waals surface area contributed by atoms with Gasteiger partial charge in [0.25, 0.3) is 0 Å². The van der Waals surface area contributed by atoms with E-state index in [2.05, 4.69) is 10.6 Å². The molecule has 0 aromatic rings. The Morgan fingerprint density at radius 2 is 2.12 bits per heavy atom. The quantitative estimate of drug-likeness (QED) is 0.432. The van der Waals surface area contributed by atoms with E-state index in [-0.39, 0.29) is 5.97 Å². The Labute approximate surface area is 108 Å². The summed E-state index contributed by atoms with van der Waals surface area (Å²) in [5.41, 5.74) is 0. The number of ether oxygens (including phenoxy) is 1. The highest BCUT2D eigenvalue weighted by Crippen LogP contribution is 2.17. The molecule has 0 aliphatic heterocycles. The largest absolute Gasteiger partial charge is 0.466 e. The number of thiocarbonyl (C=S) groups is 1. The normalized spacial score (nSPS) is 15.6. The maximum Gasteiger partial charge on any atom is 0.305 e. The van der Waals surface area contributed by atoms with Crippen molar-refractivity contribution >= 4 is 23.3 Å². The lowest BCUT2D eigenvalue weighted by Gasteiger charge is -2.15. The van der Waals surface area contributed by atoms with Gasteiger partial charge in [-0.2, -0.15) is 0 Å².